The molecule has 0 aliphatic rings. The zero-order valence-electron chi connectivity index (χ0n) is 18.9. The molecule has 0 aliphatic heterocycles. The monoisotopic (exact) mass is 424 g/mol. The molecular weight excluding hydrogens is 392 g/mol. The Morgan fingerprint density at radius 2 is 1.77 bits per heavy atom. The molecule has 2 rings (SSSR count). The van der Waals surface area contributed by atoms with Gasteiger partial charge in [-0.25, -0.2) is 0 Å². The van der Waals surface area contributed by atoms with Gasteiger partial charge in [0.25, 0.3) is 5.91 Å². The van der Waals surface area contributed by atoms with Crippen LogP contribution in [0.3, 0.4) is 0 Å². The van der Waals surface area contributed by atoms with Crippen LogP contribution in [-0.2, 0) is 11.2 Å². The van der Waals surface area contributed by atoms with Gasteiger partial charge < -0.3 is 24.1 Å². The summed E-state index contributed by atoms with van der Waals surface area (Å²) in [6, 6.07) is 10.8. The van der Waals surface area contributed by atoms with E-state index in [0.29, 0.717) is 16.8 Å². The zero-order chi connectivity index (χ0) is 22.9. The van der Waals surface area contributed by atoms with Crippen LogP contribution < -0.4 is 10.4 Å². The first-order valence-electron chi connectivity index (χ1n) is 10.7. The number of quaternary nitrogens is 1. The third-order valence-corrected chi connectivity index (χ3v) is 4.70. The van der Waals surface area contributed by atoms with Crippen molar-refractivity contribution in [2.75, 3.05) is 27.7 Å². The van der Waals surface area contributed by atoms with E-state index in [9.17, 15) is 14.7 Å². The summed E-state index contributed by atoms with van der Waals surface area (Å²) < 4.78 is 6.04. The van der Waals surface area contributed by atoms with Gasteiger partial charge in [-0.2, -0.15) is 0 Å². The lowest BCUT2D eigenvalue weighted by Crippen LogP contribution is -2.50. The minimum Gasteiger partial charge on any atom is -0.550 e. The van der Waals surface area contributed by atoms with E-state index >= 15 is 0 Å². The maximum Gasteiger partial charge on any atom is 0.287 e. The Balaban J connectivity index is 1.99. The Morgan fingerprint density at radius 3 is 2.39 bits per heavy atom. The number of carboxylic acid groups (broad SMARTS) is 1. The fourth-order valence-electron chi connectivity index (χ4n) is 3.27. The smallest absolute Gasteiger partial charge is 0.287 e. The number of amides is 1. The molecule has 2 aromatic rings. The Kier molecular flexibility index (Phi) is 8.89. The van der Waals surface area contributed by atoms with Crippen molar-refractivity contribution in [3.8, 4) is 11.8 Å². The third-order valence-electron chi connectivity index (χ3n) is 4.70. The SMILES string of the molecule is CCCCCc1ccc(C#Cc2ccc(C(=O)N[C@H](CC(=O)[O-])C[N+](C)(C)C)o2)cc1. The van der Waals surface area contributed by atoms with Crippen molar-refractivity contribution < 1.29 is 23.6 Å². The highest BCUT2D eigenvalue weighted by molar-refractivity contribution is 5.92. The van der Waals surface area contributed by atoms with E-state index in [4.69, 9.17) is 4.42 Å². The molecule has 166 valence electrons. The fraction of sp³-hybridized carbons (Fsp3) is 0.440. The number of likely N-dealkylation sites (N-methyl/N-ethyl adjacent to an activating group) is 1. The number of benzene rings is 1. The molecule has 31 heavy (non-hydrogen) atoms. The molecule has 1 N–H and O–H groups in total. The minimum atomic E-state index is -1.21. The number of aryl methyl sites for hydroxylation is 1. The Hall–Kier alpha value is -3.04. The van der Waals surface area contributed by atoms with Gasteiger partial charge in [-0.1, -0.05) is 37.8 Å². The number of furan rings is 1. The zero-order valence-corrected chi connectivity index (χ0v) is 18.9. The quantitative estimate of drug-likeness (QED) is 0.361. The van der Waals surface area contributed by atoms with Gasteiger partial charge in [0.15, 0.2) is 11.5 Å². The van der Waals surface area contributed by atoms with Crippen molar-refractivity contribution in [1.29, 1.82) is 0 Å². The molecule has 6 nitrogen and oxygen atoms in total. The maximum absolute atomic E-state index is 12.5. The normalized spacial score (nSPS) is 12.0. The second-order valence-electron chi connectivity index (χ2n) is 8.79. The summed E-state index contributed by atoms with van der Waals surface area (Å²) in [5.41, 5.74) is 2.18. The molecule has 0 spiro atoms. The molecule has 6 heteroatoms. The first-order valence-corrected chi connectivity index (χ1v) is 10.7. The van der Waals surface area contributed by atoms with Crippen molar-refractivity contribution in [3.05, 3.63) is 59.0 Å². The fourth-order valence-corrected chi connectivity index (χ4v) is 3.27. The van der Waals surface area contributed by atoms with Gasteiger partial charge in [0.2, 0.25) is 0 Å². The summed E-state index contributed by atoms with van der Waals surface area (Å²) >= 11 is 0. The van der Waals surface area contributed by atoms with Crippen LogP contribution in [0.4, 0.5) is 0 Å². The molecule has 1 aromatic heterocycles. The standard InChI is InChI=1S/C25H32N2O4/c1-5-6-7-8-19-9-11-20(12-10-19)13-14-22-15-16-23(31-22)25(30)26-21(17-24(28)29)18-27(2,3)4/h9-12,15-16,21H,5-8,17-18H2,1-4H3,(H-,26,28,29,30)/t21-/m1/s1. The molecule has 1 aromatic carbocycles. The molecule has 0 aliphatic carbocycles. The number of carboxylic acids is 1. The van der Waals surface area contributed by atoms with E-state index < -0.39 is 17.9 Å². The molecule has 0 unspecified atom stereocenters. The summed E-state index contributed by atoms with van der Waals surface area (Å²) in [7, 11) is 5.77. The lowest BCUT2D eigenvalue weighted by molar-refractivity contribution is -0.871. The molecule has 0 bridgehead atoms. The average molecular weight is 425 g/mol. The van der Waals surface area contributed by atoms with E-state index in [-0.39, 0.29) is 12.2 Å². The van der Waals surface area contributed by atoms with Crippen LogP contribution in [0, 0.1) is 11.8 Å². The Morgan fingerprint density at radius 1 is 1.06 bits per heavy atom. The summed E-state index contributed by atoms with van der Waals surface area (Å²) in [5.74, 6) is 4.77. The number of rotatable bonds is 10. The van der Waals surface area contributed by atoms with Gasteiger partial charge in [0, 0.05) is 18.0 Å². The molecule has 0 radical (unpaired) electrons. The van der Waals surface area contributed by atoms with E-state index in [1.54, 1.807) is 6.07 Å². The van der Waals surface area contributed by atoms with Crippen LogP contribution in [-0.4, -0.2) is 50.1 Å². The molecule has 0 saturated heterocycles. The number of nitrogens with one attached hydrogen (secondary N) is 1. The first-order chi connectivity index (χ1) is 14.7. The molecule has 0 saturated carbocycles. The second-order valence-corrected chi connectivity index (χ2v) is 8.79. The van der Waals surface area contributed by atoms with Gasteiger partial charge in [-0.15, -0.1) is 0 Å². The van der Waals surface area contributed by atoms with Gasteiger partial charge in [0.1, 0.15) is 0 Å². The third kappa shape index (κ3) is 9.10. The topological polar surface area (TPSA) is 82.4 Å². The summed E-state index contributed by atoms with van der Waals surface area (Å²) in [6.45, 7) is 2.64. The summed E-state index contributed by atoms with van der Waals surface area (Å²) in [5, 5.41) is 13.7. The van der Waals surface area contributed by atoms with Crippen LogP contribution >= 0.6 is 0 Å². The van der Waals surface area contributed by atoms with Crippen LogP contribution in [0.25, 0.3) is 0 Å². The molecule has 1 heterocycles. The Bertz CT molecular complexity index is 927. The number of hydrogen-bond acceptors (Lipinski definition) is 4. The van der Waals surface area contributed by atoms with E-state index in [0.717, 1.165) is 12.0 Å². The lowest BCUT2D eigenvalue weighted by Gasteiger charge is -2.29. The average Bonchev–Trinajstić information content (AvgIpc) is 3.15. The van der Waals surface area contributed by atoms with Crippen LogP contribution in [0.15, 0.2) is 40.8 Å². The summed E-state index contributed by atoms with van der Waals surface area (Å²) in [4.78, 5) is 23.5. The predicted octanol–water partition coefficient (Wildman–Crippen LogP) is 2.36. The number of carbonyl (C=O) groups is 2. The van der Waals surface area contributed by atoms with Crippen molar-refractivity contribution >= 4 is 11.9 Å². The lowest BCUT2D eigenvalue weighted by atomic mass is 10.1. The number of carbonyl (C=O) groups excluding carboxylic acids is 2. The van der Waals surface area contributed by atoms with Crippen LogP contribution in [0.2, 0.25) is 0 Å². The first kappa shape index (κ1) is 24.2. The highest BCUT2D eigenvalue weighted by Crippen LogP contribution is 2.11. The summed E-state index contributed by atoms with van der Waals surface area (Å²) in [6.07, 6.45) is 4.45. The van der Waals surface area contributed by atoms with Crippen molar-refractivity contribution in [2.24, 2.45) is 0 Å². The number of unbranched alkanes of at least 4 members (excludes halogenated alkanes) is 2. The second kappa shape index (κ2) is 11.4. The maximum atomic E-state index is 12.5. The molecule has 1 atom stereocenters. The molecule has 1 amide bonds. The van der Waals surface area contributed by atoms with E-state index in [1.807, 2.05) is 33.3 Å². The number of aliphatic carboxylic acids is 1. The highest BCUT2D eigenvalue weighted by atomic mass is 16.4. The van der Waals surface area contributed by atoms with Crippen molar-refractivity contribution in [1.82, 2.24) is 5.32 Å². The largest absolute Gasteiger partial charge is 0.550 e. The molecule has 0 fully saturated rings. The predicted molar refractivity (Wildman–Crippen MR) is 118 cm³/mol. The van der Waals surface area contributed by atoms with Crippen LogP contribution in [0.1, 0.15) is 60.0 Å². The number of nitrogens with zero attached hydrogens (tertiary/aromatic N) is 1. The van der Waals surface area contributed by atoms with Gasteiger partial charge in [0.05, 0.1) is 33.7 Å². The van der Waals surface area contributed by atoms with Gasteiger partial charge in [-0.3, -0.25) is 4.79 Å². The van der Waals surface area contributed by atoms with Crippen molar-refractivity contribution in [3.63, 3.8) is 0 Å². The number of hydrogen-bond donors (Lipinski definition) is 1. The van der Waals surface area contributed by atoms with E-state index in [1.165, 1.54) is 30.9 Å². The highest BCUT2D eigenvalue weighted by Gasteiger charge is 2.22. The van der Waals surface area contributed by atoms with Gasteiger partial charge in [-0.05, 0) is 48.6 Å². The molecular formula is C25H32N2O4. The van der Waals surface area contributed by atoms with Crippen molar-refractivity contribution in [2.45, 2.75) is 45.1 Å². The van der Waals surface area contributed by atoms with E-state index in [2.05, 4.69) is 36.2 Å². The van der Waals surface area contributed by atoms with Gasteiger partial charge >= 0.3 is 0 Å². The van der Waals surface area contributed by atoms with Crippen LogP contribution in [0.5, 0.6) is 0 Å². The Labute approximate surface area is 184 Å². The minimum absolute atomic E-state index is 0.0975.